The molecule has 9 heteroatoms. The molecule has 0 atom stereocenters. The van der Waals surface area contributed by atoms with Crippen LogP contribution >= 0.6 is 15.9 Å². The molecular formula is C33H33BrN6O2. The van der Waals surface area contributed by atoms with Crippen molar-refractivity contribution in [2.45, 2.75) is 26.1 Å². The summed E-state index contributed by atoms with van der Waals surface area (Å²) in [6, 6.07) is 19.5. The Morgan fingerprint density at radius 3 is 2.48 bits per heavy atom. The quantitative estimate of drug-likeness (QED) is 0.271. The number of hydrogen-bond donors (Lipinski definition) is 0. The molecule has 0 N–H and O–H groups in total. The summed E-state index contributed by atoms with van der Waals surface area (Å²) in [5, 5.41) is 2.40. The minimum atomic E-state index is -0.0292. The number of piperazine rings is 1. The van der Waals surface area contributed by atoms with Crippen LogP contribution < -0.4 is 14.5 Å². The lowest BCUT2D eigenvalue weighted by Crippen LogP contribution is -2.48. The van der Waals surface area contributed by atoms with Crippen LogP contribution in [0.4, 0.5) is 11.5 Å². The molecule has 0 radical (unpaired) electrons. The average molecular weight is 626 g/mol. The number of benzene rings is 3. The summed E-state index contributed by atoms with van der Waals surface area (Å²) in [6.45, 7) is 9.54. The van der Waals surface area contributed by atoms with Gasteiger partial charge in [0.05, 0.1) is 17.9 Å². The minimum absolute atomic E-state index is 0.0292. The molecule has 1 saturated heterocycles. The monoisotopic (exact) mass is 624 g/mol. The average Bonchev–Trinajstić information content (AvgIpc) is 3.44. The van der Waals surface area contributed by atoms with E-state index in [0.29, 0.717) is 45.3 Å². The molecule has 3 aromatic carbocycles. The van der Waals surface area contributed by atoms with E-state index in [4.69, 9.17) is 14.7 Å². The fraction of sp³-hybridized carbons (Fsp3) is 0.303. The van der Waals surface area contributed by atoms with Crippen LogP contribution in [-0.4, -0.2) is 65.4 Å². The molecule has 3 aliphatic heterocycles. The minimum Gasteiger partial charge on any atom is -0.424 e. The summed E-state index contributed by atoms with van der Waals surface area (Å²) in [6.07, 6.45) is 2.32. The van der Waals surface area contributed by atoms with Gasteiger partial charge in [-0.15, -0.1) is 0 Å². The van der Waals surface area contributed by atoms with Crippen LogP contribution in [0.3, 0.4) is 0 Å². The number of amides is 1. The molecule has 4 aromatic rings. The van der Waals surface area contributed by atoms with E-state index in [0.717, 1.165) is 52.5 Å². The van der Waals surface area contributed by atoms with Crippen LogP contribution in [0.1, 0.15) is 22.4 Å². The second-order valence-corrected chi connectivity index (χ2v) is 12.1. The summed E-state index contributed by atoms with van der Waals surface area (Å²) in [7, 11) is 2.15. The molecule has 4 heterocycles. The van der Waals surface area contributed by atoms with E-state index in [-0.39, 0.29) is 5.91 Å². The molecule has 0 aliphatic carbocycles. The smallest absolute Gasteiger partial charge is 0.324 e. The third-order valence-electron chi connectivity index (χ3n) is 8.58. The number of nitrogens with zero attached hydrogens (tertiary/aromatic N) is 6. The molecular weight excluding hydrogens is 592 g/mol. The van der Waals surface area contributed by atoms with Crippen molar-refractivity contribution in [3.05, 3.63) is 94.1 Å². The Morgan fingerprint density at radius 1 is 0.905 bits per heavy atom. The Hall–Kier alpha value is -3.95. The normalized spacial score (nSPS) is 16.9. The van der Waals surface area contributed by atoms with Gasteiger partial charge in [0.15, 0.2) is 0 Å². The number of rotatable bonds is 5. The molecule has 1 fully saturated rings. The maximum Gasteiger partial charge on any atom is 0.324 e. The Kier molecular flexibility index (Phi) is 7.07. The van der Waals surface area contributed by atoms with E-state index < -0.39 is 0 Å². The van der Waals surface area contributed by atoms with Crippen molar-refractivity contribution in [3.8, 4) is 11.8 Å². The maximum atomic E-state index is 12.2. The predicted octanol–water partition coefficient (Wildman–Crippen LogP) is 5.53. The van der Waals surface area contributed by atoms with Gasteiger partial charge >= 0.3 is 6.01 Å². The largest absolute Gasteiger partial charge is 0.424 e. The van der Waals surface area contributed by atoms with Crippen molar-refractivity contribution in [3.63, 3.8) is 0 Å². The van der Waals surface area contributed by atoms with E-state index in [9.17, 15) is 4.79 Å². The predicted molar refractivity (Wildman–Crippen MR) is 169 cm³/mol. The number of halogens is 1. The Balaban J connectivity index is 1.24. The van der Waals surface area contributed by atoms with Crippen molar-refractivity contribution < 1.29 is 9.53 Å². The molecule has 3 aliphatic rings. The van der Waals surface area contributed by atoms with Gasteiger partial charge in [-0.05, 0) is 70.0 Å². The van der Waals surface area contributed by atoms with E-state index in [1.165, 1.54) is 28.0 Å². The lowest BCUT2D eigenvalue weighted by molar-refractivity contribution is -0.126. The van der Waals surface area contributed by atoms with Gasteiger partial charge in [0.2, 0.25) is 5.91 Å². The molecule has 8 nitrogen and oxygen atoms in total. The third-order valence-corrected chi connectivity index (χ3v) is 9.21. The first-order chi connectivity index (χ1) is 20.5. The lowest BCUT2D eigenvalue weighted by atomic mass is 9.99. The molecule has 0 unspecified atom stereocenters. The fourth-order valence-corrected chi connectivity index (χ4v) is 6.92. The van der Waals surface area contributed by atoms with Crippen molar-refractivity contribution in [2.24, 2.45) is 0 Å². The number of fused-ring (bicyclic) bond motifs is 3. The summed E-state index contributed by atoms with van der Waals surface area (Å²) in [5.74, 6) is 1.70. The summed E-state index contributed by atoms with van der Waals surface area (Å²) in [5.41, 5.74) is 5.74. The van der Waals surface area contributed by atoms with Gasteiger partial charge < -0.3 is 24.3 Å². The van der Waals surface area contributed by atoms with Gasteiger partial charge in [-0.2, -0.15) is 9.97 Å². The van der Waals surface area contributed by atoms with Crippen molar-refractivity contribution >= 4 is 44.1 Å². The Labute approximate surface area is 254 Å². The Morgan fingerprint density at radius 2 is 1.69 bits per heavy atom. The Bertz CT molecular complexity index is 1700. The highest BCUT2D eigenvalue weighted by Crippen LogP contribution is 2.40. The number of likely N-dealkylation sites (N-methyl/N-ethyl adjacent to an activating group) is 1. The van der Waals surface area contributed by atoms with Gasteiger partial charge in [0.1, 0.15) is 11.6 Å². The number of aromatic nitrogens is 2. The van der Waals surface area contributed by atoms with Crippen LogP contribution in [0.15, 0.2) is 71.7 Å². The first-order valence-corrected chi connectivity index (χ1v) is 15.2. The number of carbonyl (C=O) groups excluding carboxylic acids is 1. The zero-order valence-corrected chi connectivity index (χ0v) is 25.3. The highest BCUT2D eigenvalue weighted by Gasteiger charge is 2.31. The van der Waals surface area contributed by atoms with Gasteiger partial charge in [0.25, 0.3) is 0 Å². The SMILES string of the molecule is C=CC(=O)N1CCN(c2nc(Oc3cccc4c3CCN(C)C4)nc3c2CN(c2cc4ccccc4cc2Br)C3)CC1. The molecule has 7 rings (SSSR count). The van der Waals surface area contributed by atoms with Gasteiger partial charge in [-0.25, -0.2) is 0 Å². The zero-order chi connectivity index (χ0) is 28.8. The second-order valence-electron chi connectivity index (χ2n) is 11.3. The second kappa shape index (κ2) is 11.0. The highest BCUT2D eigenvalue weighted by molar-refractivity contribution is 9.10. The van der Waals surface area contributed by atoms with Gasteiger partial charge in [-0.3, -0.25) is 4.79 Å². The van der Waals surface area contributed by atoms with Crippen LogP contribution in [-0.2, 0) is 30.8 Å². The van der Waals surface area contributed by atoms with Crippen molar-refractivity contribution in [2.75, 3.05) is 49.6 Å². The molecule has 1 aromatic heterocycles. The lowest BCUT2D eigenvalue weighted by Gasteiger charge is -2.35. The standard InChI is InChI=1S/C33H33BrN6O2/c1-3-31(41)38-13-15-39(16-14-38)32-26-20-40(29-18-23-8-5-4-7-22(23)17-27(29)34)21-28(26)35-33(36-32)42-30-10-6-9-24-19-37(2)12-11-25(24)30/h3-10,17-18H,1,11-16,19-21H2,2H3. The number of anilines is 2. The van der Waals surface area contributed by atoms with Crippen molar-refractivity contribution in [1.82, 2.24) is 19.8 Å². The fourth-order valence-electron chi connectivity index (χ4n) is 6.31. The van der Waals surface area contributed by atoms with Crippen LogP contribution in [0, 0.1) is 0 Å². The van der Waals surface area contributed by atoms with Crippen LogP contribution in [0.2, 0.25) is 0 Å². The number of ether oxygens (including phenoxy) is 1. The van der Waals surface area contributed by atoms with E-state index in [2.05, 4.69) is 92.8 Å². The van der Waals surface area contributed by atoms with Gasteiger partial charge in [0, 0.05) is 61.4 Å². The van der Waals surface area contributed by atoms with Crippen LogP contribution in [0.5, 0.6) is 11.8 Å². The molecule has 0 spiro atoms. The van der Waals surface area contributed by atoms with E-state index in [1.807, 2.05) is 11.0 Å². The number of carbonyl (C=O) groups is 1. The third kappa shape index (κ3) is 5.01. The topological polar surface area (TPSA) is 65.0 Å². The highest BCUT2D eigenvalue weighted by atomic mass is 79.9. The molecule has 1 amide bonds. The first kappa shape index (κ1) is 26.9. The summed E-state index contributed by atoms with van der Waals surface area (Å²) >= 11 is 3.83. The van der Waals surface area contributed by atoms with E-state index >= 15 is 0 Å². The maximum absolute atomic E-state index is 12.2. The number of hydrogen-bond acceptors (Lipinski definition) is 7. The molecule has 0 saturated carbocycles. The van der Waals surface area contributed by atoms with Gasteiger partial charge in [-0.1, -0.05) is 43.0 Å². The first-order valence-electron chi connectivity index (χ1n) is 14.4. The summed E-state index contributed by atoms with van der Waals surface area (Å²) < 4.78 is 7.55. The zero-order valence-electron chi connectivity index (χ0n) is 23.7. The summed E-state index contributed by atoms with van der Waals surface area (Å²) in [4.78, 5) is 31.1. The molecule has 0 bridgehead atoms. The van der Waals surface area contributed by atoms with Crippen LogP contribution in [0.25, 0.3) is 10.8 Å². The molecule has 42 heavy (non-hydrogen) atoms. The molecule has 214 valence electrons. The van der Waals surface area contributed by atoms with E-state index in [1.54, 1.807) is 0 Å². The van der Waals surface area contributed by atoms with Crippen molar-refractivity contribution in [1.29, 1.82) is 0 Å².